The van der Waals surface area contributed by atoms with E-state index in [9.17, 15) is 13.2 Å². The van der Waals surface area contributed by atoms with Crippen molar-refractivity contribution in [2.75, 3.05) is 49.8 Å². The van der Waals surface area contributed by atoms with Crippen molar-refractivity contribution < 1.29 is 22.6 Å². The van der Waals surface area contributed by atoms with Crippen molar-refractivity contribution in [3.05, 3.63) is 23.9 Å². The van der Waals surface area contributed by atoms with Crippen LogP contribution in [0.25, 0.3) is 11.3 Å². The summed E-state index contributed by atoms with van der Waals surface area (Å²) in [6.45, 7) is 5.81. The van der Waals surface area contributed by atoms with Gasteiger partial charge in [0.15, 0.2) is 0 Å². The molecule has 0 spiro atoms. The molecule has 4 N–H and O–H groups in total. The third-order valence-corrected chi connectivity index (χ3v) is 6.01. The van der Waals surface area contributed by atoms with Crippen molar-refractivity contribution >= 4 is 17.2 Å². The molecule has 0 unspecified atom stereocenters. The number of aromatic nitrogens is 2. The number of anilines is 3. The summed E-state index contributed by atoms with van der Waals surface area (Å²) < 4.78 is 51.3. The summed E-state index contributed by atoms with van der Waals surface area (Å²) in [5.74, 6) is -0.0704. The predicted molar refractivity (Wildman–Crippen MR) is 123 cm³/mol. The van der Waals surface area contributed by atoms with E-state index >= 15 is 0 Å². The summed E-state index contributed by atoms with van der Waals surface area (Å²) in [5, 5.41) is 0. The molecule has 0 aliphatic heterocycles. The van der Waals surface area contributed by atoms with Gasteiger partial charge in [-0.25, -0.2) is 9.97 Å². The van der Waals surface area contributed by atoms with Gasteiger partial charge in [0, 0.05) is 37.2 Å². The Bertz CT molecular complexity index is 962. The standard InChI is InChI=1S/C23H32F3N5O2/c1-4-32-14-22(8-6-7-9-22)13-31(3)17-12-16(29-21(28)20(17)27)15-10-18(23(24,25)26)30-19(11-15)33-5-2/h10-12H,4-9,13-14,27H2,1-3H3,(H2,28,29). The number of nitrogens with zero attached hydrogens (tertiary/aromatic N) is 3. The van der Waals surface area contributed by atoms with Crippen LogP contribution in [0.1, 0.15) is 45.2 Å². The molecular weight excluding hydrogens is 435 g/mol. The third kappa shape index (κ3) is 5.79. The highest BCUT2D eigenvalue weighted by Gasteiger charge is 2.36. The van der Waals surface area contributed by atoms with Gasteiger partial charge in [-0.15, -0.1) is 0 Å². The Morgan fingerprint density at radius 1 is 1.06 bits per heavy atom. The Labute approximate surface area is 192 Å². The normalized spacial score (nSPS) is 15.6. The van der Waals surface area contributed by atoms with Gasteiger partial charge >= 0.3 is 6.18 Å². The molecule has 0 amide bonds. The quantitative estimate of drug-likeness (QED) is 0.549. The Hall–Kier alpha value is -2.75. The molecule has 2 aromatic heterocycles. The zero-order valence-electron chi connectivity index (χ0n) is 19.3. The minimum absolute atomic E-state index is 0.00233. The Morgan fingerprint density at radius 2 is 1.76 bits per heavy atom. The lowest BCUT2D eigenvalue weighted by Gasteiger charge is -2.35. The molecule has 1 saturated carbocycles. The van der Waals surface area contributed by atoms with Gasteiger partial charge in [0.1, 0.15) is 11.5 Å². The zero-order valence-corrected chi connectivity index (χ0v) is 19.3. The number of nitrogen functional groups attached to an aromatic ring is 2. The molecule has 0 radical (unpaired) electrons. The van der Waals surface area contributed by atoms with Crippen LogP contribution in [0.3, 0.4) is 0 Å². The van der Waals surface area contributed by atoms with E-state index in [1.165, 1.54) is 6.07 Å². The van der Waals surface area contributed by atoms with Crippen molar-refractivity contribution in [2.24, 2.45) is 5.41 Å². The molecule has 1 fully saturated rings. The molecule has 3 rings (SSSR count). The first kappa shape index (κ1) is 24.9. The second kappa shape index (κ2) is 10.0. The van der Waals surface area contributed by atoms with Gasteiger partial charge in [-0.05, 0) is 38.8 Å². The molecule has 7 nitrogen and oxygen atoms in total. The van der Waals surface area contributed by atoms with Gasteiger partial charge in [0.05, 0.1) is 30.3 Å². The number of rotatable bonds is 9. The average Bonchev–Trinajstić information content (AvgIpc) is 3.22. The van der Waals surface area contributed by atoms with Crippen LogP contribution in [0.15, 0.2) is 18.2 Å². The van der Waals surface area contributed by atoms with Crippen molar-refractivity contribution in [2.45, 2.75) is 45.7 Å². The Morgan fingerprint density at radius 3 is 2.36 bits per heavy atom. The van der Waals surface area contributed by atoms with Crippen LogP contribution in [0.2, 0.25) is 0 Å². The van der Waals surface area contributed by atoms with Gasteiger partial charge in [0.2, 0.25) is 5.88 Å². The Balaban J connectivity index is 2.00. The largest absolute Gasteiger partial charge is 0.478 e. The fourth-order valence-corrected chi connectivity index (χ4v) is 4.42. The lowest BCUT2D eigenvalue weighted by Crippen LogP contribution is -2.37. The number of ether oxygens (including phenoxy) is 2. The van der Waals surface area contributed by atoms with Crippen molar-refractivity contribution in [3.8, 4) is 17.1 Å². The van der Waals surface area contributed by atoms with Crippen LogP contribution in [0.4, 0.5) is 30.4 Å². The molecule has 1 aliphatic carbocycles. The first-order chi connectivity index (χ1) is 15.6. The summed E-state index contributed by atoms with van der Waals surface area (Å²) in [4.78, 5) is 9.82. The fourth-order valence-electron chi connectivity index (χ4n) is 4.42. The second-order valence-electron chi connectivity index (χ2n) is 8.54. The highest BCUT2D eigenvalue weighted by molar-refractivity contribution is 5.82. The number of hydrogen-bond acceptors (Lipinski definition) is 7. The summed E-state index contributed by atoms with van der Waals surface area (Å²) in [6, 6.07) is 4.03. The maximum atomic E-state index is 13.4. The number of alkyl halides is 3. The zero-order chi connectivity index (χ0) is 24.2. The summed E-state index contributed by atoms with van der Waals surface area (Å²) in [5.41, 5.74) is 12.6. The molecular formula is C23H32F3N5O2. The smallest absolute Gasteiger partial charge is 0.433 e. The van der Waals surface area contributed by atoms with E-state index in [2.05, 4.69) is 9.97 Å². The van der Waals surface area contributed by atoms with Gasteiger partial charge in [-0.1, -0.05) is 12.8 Å². The maximum absolute atomic E-state index is 13.4. The van der Waals surface area contributed by atoms with E-state index < -0.39 is 11.9 Å². The van der Waals surface area contributed by atoms with Crippen LogP contribution < -0.4 is 21.1 Å². The van der Waals surface area contributed by atoms with Gasteiger partial charge in [-0.3, -0.25) is 0 Å². The molecule has 0 aromatic carbocycles. The minimum atomic E-state index is -4.63. The van der Waals surface area contributed by atoms with Crippen molar-refractivity contribution in [3.63, 3.8) is 0 Å². The van der Waals surface area contributed by atoms with E-state index in [-0.39, 0.29) is 35.0 Å². The highest BCUT2D eigenvalue weighted by atomic mass is 19.4. The number of pyridine rings is 2. The van der Waals surface area contributed by atoms with Crippen LogP contribution in [-0.4, -0.2) is 43.4 Å². The molecule has 0 saturated heterocycles. The topological polar surface area (TPSA) is 99.5 Å². The van der Waals surface area contributed by atoms with E-state index in [1.54, 1.807) is 13.0 Å². The highest BCUT2D eigenvalue weighted by Crippen LogP contribution is 2.42. The molecule has 2 aromatic rings. The van der Waals surface area contributed by atoms with Crippen molar-refractivity contribution in [1.29, 1.82) is 0 Å². The first-order valence-corrected chi connectivity index (χ1v) is 11.2. The van der Waals surface area contributed by atoms with Crippen LogP contribution >= 0.6 is 0 Å². The molecule has 33 heavy (non-hydrogen) atoms. The van der Waals surface area contributed by atoms with Gasteiger partial charge in [-0.2, -0.15) is 13.2 Å². The molecule has 10 heteroatoms. The third-order valence-electron chi connectivity index (χ3n) is 6.01. The molecule has 0 bridgehead atoms. The van der Waals surface area contributed by atoms with E-state index in [4.69, 9.17) is 20.9 Å². The van der Waals surface area contributed by atoms with Crippen LogP contribution in [0.5, 0.6) is 5.88 Å². The molecule has 0 atom stereocenters. The first-order valence-electron chi connectivity index (χ1n) is 11.2. The molecule has 1 aliphatic rings. The minimum Gasteiger partial charge on any atom is -0.478 e. The van der Waals surface area contributed by atoms with Gasteiger partial charge in [0.25, 0.3) is 0 Å². The Kier molecular flexibility index (Phi) is 7.56. The van der Waals surface area contributed by atoms with Crippen LogP contribution in [0, 0.1) is 5.41 Å². The maximum Gasteiger partial charge on any atom is 0.433 e. The van der Waals surface area contributed by atoms with Crippen molar-refractivity contribution in [1.82, 2.24) is 9.97 Å². The van der Waals surface area contributed by atoms with Gasteiger partial charge < -0.3 is 25.8 Å². The number of nitrogens with two attached hydrogens (primary N) is 2. The lowest BCUT2D eigenvalue weighted by molar-refractivity contribution is -0.141. The van der Waals surface area contributed by atoms with Crippen LogP contribution in [-0.2, 0) is 10.9 Å². The van der Waals surface area contributed by atoms with E-state index in [1.807, 2.05) is 18.9 Å². The number of halogens is 3. The summed E-state index contributed by atoms with van der Waals surface area (Å²) >= 11 is 0. The lowest BCUT2D eigenvalue weighted by atomic mass is 9.86. The second-order valence-corrected chi connectivity index (χ2v) is 8.54. The molecule has 2 heterocycles. The monoisotopic (exact) mass is 467 g/mol. The average molecular weight is 468 g/mol. The fraction of sp³-hybridized carbons (Fsp3) is 0.565. The number of hydrogen-bond donors (Lipinski definition) is 2. The molecule has 182 valence electrons. The SMILES string of the molecule is CCOCC1(CN(C)c2cc(-c3cc(OCC)nc(C(F)(F)F)c3)nc(N)c2N)CCCC1. The summed E-state index contributed by atoms with van der Waals surface area (Å²) in [7, 11) is 1.90. The van der Waals surface area contributed by atoms with E-state index in [0.717, 1.165) is 31.7 Å². The summed E-state index contributed by atoms with van der Waals surface area (Å²) in [6.07, 6.45) is -0.270. The van der Waals surface area contributed by atoms with E-state index in [0.29, 0.717) is 31.1 Å². The predicted octanol–water partition coefficient (Wildman–Crippen LogP) is 4.76.